The summed E-state index contributed by atoms with van der Waals surface area (Å²) in [5, 5.41) is 23.1. The quantitative estimate of drug-likeness (QED) is 0.280. The molecule has 0 radical (unpaired) electrons. The van der Waals surface area contributed by atoms with Crippen LogP contribution in [0.15, 0.2) is 11.3 Å². The Kier molecular flexibility index (Phi) is 3.75. The van der Waals surface area contributed by atoms with Crippen molar-refractivity contribution >= 4 is 11.9 Å². The van der Waals surface area contributed by atoms with E-state index in [2.05, 4.69) is 0 Å². The zero-order valence-electron chi connectivity index (χ0n) is 17.9. The van der Waals surface area contributed by atoms with Crippen LogP contribution in [0, 0.1) is 17.3 Å². The maximum absolute atomic E-state index is 13.0. The van der Waals surface area contributed by atoms with Crippen molar-refractivity contribution in [1.29, 1.82) is 0 Å². The lowest BCUT2D eigenvalue weighted by molar-refractivity contribution is -0.291. The number of carbonyl (C=O) groups excluding carboxylic acids is 2. The number of hydrogen-bond acceptors (Lipinski definition) is 9. The Bertz CT molecular complexity index is 874. The molecule has 3 aliphatic heterocycles. The highest BCUT2D eigenvalue weighted by molar-refractivity contribution is 5.92. The largest absolute Gasteiger partial charge is 0.501 e. The van der Waals surface area contributed by atoms with Crippen LogP contribution in [0.2, 0.25) is 0 Å². The second-order valence-corrected chi connectivity index (χ2v) is 9.91. The van der Waals surface area contributed by atoms with Crippen LogP contribution in [0.3, 0.4) is 0 Å². The molecule has 9 heteroatoms. The predicted molar refractivity (Wildman–Crippen MR) is 98.8 cm³/mol. The summed E-state index contributed by atoms with van der Waals surface area (Å²) in [5.74, 6) is -2.44. The lowest BCUT2D eigenvalue weighted by atomic mass is 9.49. The highest BCUT2D eigenvalue weighted by atomic mass is 16.7. The molecule has 9 atom stereocenters. The molecule has 2 bridgehead atoms. The number of epoxide rings is 1. The molecule has 5 aliphatic rings. The normalized spacial score (nSPS) is 52.7. The van der Waals surface area contributed by atoms with Crippen LogP contribution in [-0.2, 0) is 33.3 Å². The van der Waals surface area contributed by atoms with E-state index < -0.39 is 70.4 Å². The average molecular weight is 424 g/mol. The van der Waals surface area contributed by atoms with Crippen LogP contribution in [0.1, 0.15) is 34.1 Å². The Labute approximate surface area is 174 Å². The van der Waals surface area contributed by atoms with E-state index in [0.29, 0.717) is 11.3 Å². The number of rotatable bonds is 3. The number of hydrogen-bond donors (Lipinski definition) is 2. The first kappa shape index (κ1) is 20.2. The fourth-order valence-corrected chi connectivity index (χ4v) is 6.97. The van der Waals surface area contributed by atoms with Gasteiger partial charge in [-0.25, -0.2) is 4.79 Å². The minimum atomic E-state index is -1.75. The Morgan fingerprint density at radius 1 is 1.23 bits per heavy atom. The van der Waals surface area contributed by atoms with Crippen molar-refractivity contribution in [3.05, 3.63) is 11.3 Å². The second-order valence-electron chi connectivity index (χ2n) is 9.91. The molecular formula is C21H28O9. The van der Waals surface area contributed by atoms with E-state index in [-0.39, 0.29) is 6.42 Å². The summed E-state index contributed by atoms with van der Waals surface area (Å²) in [6.45, 7) is 6.64. The maximum atomic E-state index is 13.0. The first-order valence-electron chi connectivity index (χ1n) is 10.2. The Balaban J connectivity index is 1.72. The van der Waals surface area contributed by atoms with Crippen LogP contribution in [-0.4, -0.2) is 77.6 Å². The van der Waals surface area contributed by atoms with Gasteiger partial charge in [0.1, 0.15) is 35.8 Å². The van der Waals surface area contributed by atoms with E-state index in [1.54, 1.807) is 27.7 Å². The van der Waals surface area contributed by atoms with Crippen LogP contribution in [0.25, 0.3) is 0 Å². The summed E-state index contributed by atoms with van der Waals surface area (Å²) in [4.78, 5) is 25.8. The monoisotopic (exact) mass is 424 g/mol. The van der Waals surface area contributed by atoms with Gasteiger partial charge in [0.15, 0.2) is 5.60 Å². The zero-order valence-corrected chi connectivity index (χ0v) is 17.9. The molecule has 3 heterocycles. The third kappa shape index (κ3) is 1.90. The van der Waals surface area contributed by atoms with Gasteiger partial charge in [-0.15, -0.1) is 0 Å². The molecule has 2 saturated carbocycles. The number of carbonyl (C=O) groups is 2. The van der Waals surface area contributed by atoms with Gasteiger partial charge in [0, 0.05) is 19.4 Å². The minimum absolute atomic E-state index is 0.159. The standard InChI is InChI=1S/C21H28O9/c1-8(26-5)9-7-20(30-16(9)22)14-15(29-14)21(25)11-10(18(2,3)24)12(28-17(11)23)13(27-6)19(20,21)4/h10-15,24-25H,7H2,1-6H3/b9-8-/t10-,11+,12+,13+,14+,15-,19-,20+,21-/m0/s1. The van der Waals surface area contributed by atoms with E-state index in [1.807, 2.05) is 0 Å². The van der Waals surface area contributed by atoms with E-state index >= 15 is 0 Å². The Hall–Kier alpha value is -1.68. The smallest absolute Gasteiger partial charge is 0.338 e. The highest BCUT2D eigenvalue weighted by Crippen LogP contribution is 2.75. The van der Waals surface area contributed by atoms with E-state index in [0.717, 1.165) is 0 Å². The fourth-order valence-electron chi connectivity index (χ4n) is 6.97. The molecule has 0 amide bonds. The topological polar surface area (TPSA) is 124 Å². The van der Waals surface area contributed by atoms with Gasteiger partial charge in [0.05, 0.1) is 29.6 Å². The van der Waals surface area contributed by atoms with Crippen LogP contribution in [0.5, 0.6) is 0 Å². The molecule has 2 N–H and O–H groups in total. The summed E-state index contributed by atoms with van der Waals surface area (Å²) < 4.78 is 28.6. The van der Waals surface area contributed by atoms with Gasteiger partial charge in [-0.1, -0.05) is 6.92 Å². The summed E-state index contributed by atoms with van der Waals surface area (Å²) in [6, 6.07) is 0. The third-order valence-corrected chi connectivity index (χ3v) is 8.42. The maximum Gasteiger partial charge on any atom is 0.338 e. The molecule has 30 heavy (non-hydrogen) atoms. The molecule has 0 aromatic carbocycles. The SMILES string of the molecule is CO/C(C)=C1/C[C@@]2(OC1=O)[C@@H]1O[C@@H]1[C@@]1(O)[C@H]3C(=O)O[C@H]([C@H]3C(C)(C)O)[C@@H](OC)[C@]12C. The van der Waals surface area contributed by atoms with Gasteiger partial charge in [0.25, 0.3) is 0 Å². The molecule has 5 fully saturated rings. The van der Waals surface area contributed by atoms with Crippen molar-refractivity contribution in [3.63, 3.8) is 0 Å². The number of methoxy groups -OCH3 is 2. The van der Waals surface area contributed by atoms with Crippen molar-refractivity contribution in [2.75, 3.05) is 14.2 Å². The van der Waals surface area contributed by atoms with Gasteiger partial charge in [-0.3, -0.25) is 4.79 Å². The first-order chi connectivity index (χ1) is 13.9. The molecule has 1 spiro atoms. The van der Waals surface area contributed by atoms with E-state index in [1.165, 1.54) is 14.2 Å². The highest BCUT2D eigenvalue weighted by Gasteiger charge is 2.93. The molecule has 5 rings (SSSR count). The molecule has 0 unspecified atom stereocenters. The summed E-state index contributed by atoms with van der Waals surface area (Å²) >= 11 is 0. The molecule has 9 nitrogen and oxygen atoms in total. The molecule has 2 aliphatic carbocycles. The van der Waals surface area contributed by atoms with Crippen molar-refractivity contribution in [3.8, 4) is 0 Å². The van der Waals surface area contributed by atoms with Crippen molar-refractivity contribution in [2.24, 2.45) is 17.3 Å². The summed E-state index contributed by atoms with van der Waals surface area (Å²) in [7, 11) is 2.94. The number of esters is 2. The number of ether oxygens (including phenoxy) is 5. The van der Waals surface area contributed by atoms with Gasteiger partial charge in [-0.2, -0.15) is 0 Å². The third-order valence-electron chi connectivity index (χ3n) is 8.42. The lowest BCUT2D eigenvalue weighted by Gasteiger charge is -2.59. The first-order valence-corrected chi connectivity index (χ1v) is 10.2. The number of allylic oxidation sites excluding steroid dienone is 1. The number of aliphatic hydroxyl groups is 2. The molecule has 166 valence electrons. The lowest BCUT2D eigenvalue weighted by Crippen LogP contribution is -2.74. The summed E-state index contributed by atoms with van der Waals surface area (Å²) in [6.07, 6.45) is -2.80. The fraction of sp³-hybridized carbons (Fsp3) is 0.810. The molecule has 3 saturated heterocycles. The van der Waals surface area contributed by atoms with Gasteiger partial charge in [0.2, 0.25) is 0 Å². The van der Waals surface area contributed by atoms with Gasteiger partial charge >= 0.3 is 11.9 Å². The van der Waals surface area contributed by atoms with Crippen molar-refractivity contribution in [2.45, 2.75) is 75.3 Å². The Morgan fingerprint density at radius 3 is 2.47 bits per heavy atom. The summed E-state index contributed by atoms with van der Waals surface area (Å²) in [5.41, 5.74) is -5.15. The Morgan fingerprint density at radius 2 is 1.90 bits per heavy atom. The van der Waals surface area contributed by atoms with E-state index in [9.17, 15) is 19.8 Å². The second kappa shape index (κ2) is 5.56. The molecule has 0 aromatic heterocycles. The van der Waals surface area contributed by atoms with Crippen LogP contribution in [0.4, 0.5) is 0 Å². The minimum Gasteiger partial charge on any atom is -0.501 e. The van der Waals surface area contributed by atoms with Crippen LogP contribution < -0.4 is 0 Å². The van der Waals surface area contributed by atoms with Gasteiger partial charge < -0.3 is 33.9 Å². The number of fused-ring (bicyclic) bond motifs is 8. The van der Waals surface area contributed by atoms with E-state index in [4.69, 9.17) is 23.7 Å². The molecule has 0 aromatic rings. The zero-order chi connectivity index (χ0) is 22.0. The average Bonchev–Trinajstić information content (AvgIpc) is 3.26. The van der Waals surface area contributed by atoms with Crippen molar-refractivity contribution in [1.82, 2.24) is 0 Å². The van der Waals surface area contributed by atoms with Gasteiger partial charge in [-0.05, 0) is 20.8 Å². The van der Waals surface area contributed by atoms with Crippen LogP contribution >= 0.6 is 0 Å². The van der Waals surface area contributed by atoms with Crippen molar-refractivity contribution < 1.29 is 43.5 Å². The predicted octanol–water partition coefficient (Wildman–Crippen LogP) is 0.0682. The molecular weight excluding hydrogens is 396 g/mol.